The number of aromatic nitrogens is 1. The Balaban J connectivity index is 0.966. The molecule has 3 fully saturated rings. The monoisotopic (exact) mass is 1370 g/mol. The molecule has 1 unspecified atom stereocenters. The summed E-state index contributed by atoms with van der Waals surface area (Å²) < 4.78 is 31.8. The molecule has 7 amide bonds. The molecule has 4 heterocycles. The molecule has 1 aromatic heterocycles. The van der Waals surface area contributed by atoms with Crippen LogP contribution in [0.3, 0.4) is 0 Å². The van der Waals surface area contributed by atoms with Gasteiger partial charge in [0.2, 0.25) is 35.4 Å². The second-order valence-electron chi connectivity index (χ2n) is 22.8. The lowest BCUT2D eigenvalue weighted by molar-refractivity contribution is -0.140. The van der Waals surface area contributed by atoms with Crippen molar-refractivity contribution in [2.45, 2.75) is 88.9 Å². The van der Waals surface area contributed by atoms with Crippen LogP contribution < -0.4 is 26.0 Å². The highest BCUT2D eigenvalue weighted by molar-refractivity contribution is 14.1. The van der Waals surface area contributed by atoms with E-state index in [1.165, 1.54) is 19.2 Å². The van der Waals surface area contributed by atoms with Crippen LogP contribution in [0.25, 0.3) is 10.9 Å². The minimum absolute atomic E-state index is 0.0316. The number of carbonyl (C=O) groups excluding carboxylic acids is 9. The SMILES string of the molecule is CC1(F)C[C@H](C#N)N(C(=O)CNC(=O)c2ccnc3ccc(OCCCCN4CCN(C(=O)CC(=O)NC(=O)[C@H](CCCCNC(=O)CCCc5ccc(I)cc5)NC(=O)CN5CCN(COC=O)CCN(COC=O)CCN(CC(=O)O)CC5)CC4)cc23)C1. The summed E-state index contributed by atoms with van der Waals surface area (Å²) >= 11 is 2.24. The Morgan fingerprint density at radius 2 is 1.41 bits per heavy atom. The van der Waals surface area contributed by atoms with Crippen LogP contribution in [0.2, 0.25) is 0 Å². The maximum atomic E-state index is 14.6. The summed E-state index contributed by atoms with van der Waals surface area (Å²) in [7, 11) is 0. The predicted molar refractivity (Wildman–Crippen MR) is 333 cm³/mol. The van der Waals surface area contributed by atoms with Crippen LogP contribution in [0.15, 0.2) is 54.7 Å². The van der Waals surface area contributed by atoms with E-state index < -0.39 is 72.1 Å². The molecular weight excluding hydrogens is 1280 g/mol. The molecule has 3 atom stereocenters. The Morgan fingerprint density at radius 1 is 0.767 bits per heavy atom. The number of nitrogens with one attached hydrogen (secondary N) is 4. The number of fused-ring (bicyclic) bond motifs is 1. The lowest BCUT2D eigenvalue weighted by Gasteiger charge is -2.34. The number of pyridine rings is 1. The predicted octanol–water partition coefficient (Wildman–Crippen LogP) is 1.12. The van der Waals surface area contributed by atoms with Gasteiger partial charge in [-0.25, -0.2) is 4.39 Å². The van der Waals surface area contributed by atoms with E-state index in [-0.39, 0.29) is 83.6 Å². The van der Waals surface area contributed by atoms with Crippen molar-refractivity contribution < 1.29 is 71.7 Å². The van der Waals surface area contributed by atoms with Gasteiger partial charge in [-0.05, 0) is 123 Å². The van der Waals surface area contributed by atoms with Gasteiger partial charge in [-0.1, -0.05) is 12.1 Å². The molecule has 0 saturated carbocycles. The molecule has 3 aliphatic heterocycles. The third kappa shape index (κ3) is 25.1. The lowest BCUT2D eigenvalue weighted by atomic mass is 10.1. The largest absolute Gasteiger partial charge is 0.494 e. The molecule has 90 heavy (non-hydrogen) atoms. The summed E-state index contributed by atoms with van der Waals surface area (Å²) in [6, 6.07) is 14.6. The van der Waals surface area contributed by atoms with Gasteiger partial charge in [0.25, 0.3) is 18.9 Å². The second-order valence-corrected chi connectivity index (χ2v) is 24.0. The standard InChI is InChI=1S/C61H83FIN13O14/c1-61(62)35-47(36-64)76(40-61)57(83)37-67-59(86)49-16-18-65-51-15-14-48(33-50(49)51)90-32-5-4-19-70-28-30-75(31-29-70)56(82)34-54(80)69-60(87)52(8-2-3-17-66-53(79)9-6-7-45-10-12-46(63)13-11-45)68-55(81)38-71-20-21-72(39-58(84)85)23-25-74(42-89-44-78)27-26-73(24-22-71)41-88-43-77/h10-16,18,33,43-44,47,52H,2-9,17,19-32,34-35,37-42H2,1H3,(H,66,79)(H,67,86)(H,68,81)(H,84,85)(H,69,80,87)/t47-,52+,61?/m1/s1. The Morgan fingerprint density at radius 3 is 2.06 bits per heavy atom. The van der Waals surface area contributed by atoms with E-state index in [1.807, 2.05) is 40.1 Å². The summed E-state index contributed by atoms with van der Waals surface area (Å²) in [6.07, 6.45) is 4.89. The van der Waals surface area contributed by atoms with E-state index >= 15 is 0 Å². The third-order valence-electron chi connectivity index (χ3n) is 15.7. The molecule has 2 aromatic carbocycles. The minimum Gasteiger partial charge on any atom is -0.494 e. The topological polar surface area (TPSA) is 326 Å². The maximum absolute atomic E-state index is 14.6. The molecule has 490 valence electrons. The number of benzene rings is 2. The first-order valence-corrected chi connectivity index (χ1v) is 31.4. The molecule has 0 aliphatic carbocycles. The number of halogens is 2. The normalized spacial score (nSPS) is 18.6. The highest BCUT2D eigenvalue weighted by Crippen LogP contribution is 2.30. The van der Waals surface area contributed by atoms with Crippen molar-refractivity contribution in [1.29, 1.82) is 5.26 Å². The van der Waals surface area contributed by atoms with Crippen LogP contribution in [0, 0.1) is 14.9 Å². The third-order valence-corrected chi connectivity index (χ3v) is 16.5. The number of carboxylic acids is 1. The molecule has 29 heteroatoms. The van der Waals surface area contributed by atoms with Crippen LogP contribution in [0.5, 0.6) is 5.75 Å². The molecule has 6 rings (SSSR count). The molecule has 27 nitrogen and oxygen atoms in total. The highest BCUT2D eigenvalue weighted by atomic mass is 127. The number of hydrogen-bond acceptors (Lipinski definition) is 20. The molecule has 0 radical (unpaired) electrons. The average Bonchev–Trinajstić information content (AvgIpc) is 3.91. The number of carboxylic acid groups (broad SMARTS) is 1. The Kier molecular flexibility index (Phi) is 29.9. The summed E-state index contributed by atoms with van der Waals surface area (Å²) in [5.41, 5.74) is 0.241. The van der Waals surface area contributed by atoms with Gasteiger partial charge in [0.15, 0.2) is 0 Å². The summed E-state index contributed by atoms with van der Waals surface area (Å²) in [5.74, 6) is -4.44. The lowest BCUT2D eigenvalue weighted by Crippen LogP contribution is -2.53. The van der Waals surface area contributed by atoms with Gasteiger partial charge in [0.05, 0.1) is 49.9 Å². The van der Waals surface area contributed by atoms with Crippen LogP contribution in [-0.2, 0) is 59.0 Å². The number of ether oxygens (including phenoxy) is 3. The van der Waals surface area contributed by atoms with E-state index in [4.69, 9.17) is 14.2 Å². The van der Waals surface area contributed by atoms with Crippen molar-refractivity contribution in [3.8, 4) is 11.8 Å². The van der Waals surface area contributed by atoms with E-state index in [0.29, 0.717) is 134 Å². The van der Waals surface area contributed by atoms with Crippen molar-refractivity contribution in [3.63, 3.8) is 0 Å². The van der Waals surface area contributed by atoms with Crippen LogP contribution in [0.1, 0.15) is 80.6 Å². The van der Waals surface area contributed by atoms with Gasteiger partial charge in [-0.2, -0.15) is 5.26 Å². The number of nitriles is 1. The van der Waals surface area contributed by atoms with Gasteiger partial charge in [-0.3, -0.25) is 82.7 Å². The number of imide groups is 1. The van der Waals surface area contributed by atoms with Gasteiger partial charge in [-0.15, -0.1) is 0 Å². The smallest absolute Gasteiger partial charge is 0.317 e. The molecular formula is C61H83FIN13O14. The number of piperazine rings is 1. The van der Waals surface area contributed by atoms with Crippen molar-refractivity contribution in [2.75, 3.05) is 138 Å². The maximum Gasteiger partial charge on any atom is 0.317 e. The molecule has 3 aliphatic rings. The number of alkyl halides is 1. The Bertz CT molecular complexity index is 2950. The van der Waals surface area contributed by atoms with Gasteiger partial charge < -0.3 is 45.1 Å². The summed E-state index contributed by atoms with van der Waals surface area (Å²) in [6.45, 7) is 6.31. The average molecular weight is 1370 g/mol. The number of aryl methyl sites for hydroxylation is 1. The van der Waals surface area contributed by atoms with E-state index in [9.17, 15) is 62.7 Å². The van der Waals surface area contributed by atoms with E-state index in [1.54, 1.807) is 32.9 Å². The van der Waals surface area contributed by atoms with E-state index in [2.05, 4.69) is 53.7 Å². The first kappa shape index (κ1) is 71.6. The fraction of sp³-hybridized carbons (Fsp3) is 0.574. The first-order valence-electron chi connectivity index (χ1n) is 30.4. The number of aliphatic carboxylic acids is 1. The van der Waals surface area contributed by atoms with Crippen LogP contribution in [-0.4, -0.2) is 260 Å². The fourth-order valence-electron chi connectivity index (χ4n) is 10.8. The van der Waals surface area contributed by atoms with Gasteiger partial charge >= 0.3 is 5.97 Å². The molecule has 5 N–H and O–H groups in total. The molecule has 3 aromatic rings. The number of likely N-dealkylation sites (tertiary alicyclic amines) is 1. The zero-order valence-corrected chi connectivity index (χ0v) is 53.1. The molecule has 3 saturated heterocycles. The van der Waals surface area contributed by atoms with Crippen molar-refractivity contribution in [1.82, 2.24) is 60.6 Å². The number of carbonyl (C=O) groups is 10. The minimum atomic E-state index is -1.69. The van der Waals surface area contributed by atoms with Crippen molar-refractivity contribution in [2.24, 2.45) is 0 Å². The quantitative estimate of drug-likeness (QED) is 0.0253. The zero-order chi connectivity index (χ0) is 64.8. The van der Waals surface area contributed by atoms with Gasteiger partial charge in [0, 0.05) is 113 Å². The summed E-state index contributed by atoms with van der Waals surface area (Å²) in [4.78, 5) is 144. The molecule has 0 spiro atoms. The van der Waals surface area contributed by atoms with Crippen molar-refractivity contribution in [3.05, 3.63) is 69.4 Å². The zero-order valence-electron chi connectivity index (χ0n) is 51.0. The van der Waals surface area contributed by atoms with E-state index in [0.717, 1.165) is 26.9 Å². The highest BCUT2D eigenvalue weighted by Gasteiger charge is 2.43. The fourth-order valence-corrected chi connectivity index (χ4v) is 11.1. The number of hydrogen-bond donors (Lipinski definition) is 5. The van der Waals surface area contributed by atoms with Crippen LogP contribution in [0.4, 0.5) is 4.39 Å². The Hall–Kier alpha value is -7.50. The first-order chi connectivity index (χ1) is 43.3. The number of unbranched alkanes of at least 4 members (excludes halogenated alkanes) is 2. The van der Waals surface area contributed by atoms with Gasteiger partial charge in [0.1, 0.15) is 43.4 Å². The number of rotatable bonds is 32. The second kappa shape index (κ2) is 37.6. The number of nitrogens with zero attached hydrogens (tertiary/aromatic N) is 9. The van der Waals surface area contributed by atoms with Crippen LogP contribution >= 0.6 is 22.6 Å². The number of amides is 7. The Labute approximate surface area is 536 Å². The molecule has 0 bridgehead atoms. The van der Waals surface area contributed by atoms with Crippen molar-refractivity contribution >= 4 is 93.8 Å². The summed E-state index contributed by atoms with van der Waals surface area (Å²) in [5, 5.41) is 30.2.